The van der Waals surface area contributed by atoms with Gasteiger partial charge in [-0.3, -0.25) is 13.9 Å². The number of carbonyl (C=O) groups excluding carboxylic acids is 3. The van der Waals surface area contributed by atoms with Gasteiger partial charge in [0.05, 0.1) is 17.2 Å². The fourth-order valence-electron chi connectivity index (χ4n) is 3.29. The summed E-state index contributed by atoms with van der Waals surface area (Å²) >= 11 is 0. The third kappa shape index (κ3) is 8.47. The van der Waals surface area contributed by atoms with Gasteiger partial charge in [-0.15, -0.1) is 0 Å². The standard InChI is InChI=1S/C27H29N3O8S/c1-4-36-23-11-5-21(6-12-23)29-26(32)17-38-27(33)18-37-24-13-9-22(10-14-24)30(3)39(34,35)25-15-7-20(8-16-25)28-19(2)31/h5-16H,4,17-18H2,1-3H3,(H,28,31)(H,29,32). The minimum atomic E-state index is -3.86. The molecule has 12 heteroatoms. The molecule has 0 aromatic heterocycles. The highest BCUT2D eigenvalue weighted by Gasteiger charge is 2.21. The second-order valence-corrected chi connectivity index (χ2v) is 10.1. The number of amides is 2. The maximum Gasteiger partial charge on any atom is 0.344 e. The summed E-state index contributed by atoms with van der Waals surface area (Å²) in [6.45, 7) is 2.84. The van der Waals surface area contributed by atoms with Crippen molar-refractivity contribution in [3.63, 3.8) is 0 Å². The summed E-state index contributed by atoms with van der Waals surface area (Å²) in [4.78, 5) is 35.2. The molecule has 0 radical (unpaired) electrons. The molecule has 2 N–H and O–H groups in total. The van der Waals surface area contributed by atoms with E-state index in [0.717, 1.165) is 4.31 Å². The Morgan fingerprint density at radius 2 is 1.31 bits per heavy atom. The van der Waals surface area contributed by atoms with Crippen LogP contribution in [0, 0.1) is 0 Å². The number of benzene rings is 3. The predicted molar refractivity (Wildman–Crippen MR) is 145 cm³/mol. The first-order valence-electron chi connectivity index (χ1n) is 11.9. The molecule has 0 saturated carbocycles. The molecule has 0 spiro atoms. The molecule has 206 valence electrons. The number of nitrogens with zero attached hydrogens (tertiary/aromatic N) is 1. The fraction of sp³-hybridized carbons (Fsp3) is 0.222. The molecule has 3 aromatic rings. The zero-order valence-electron chi connectivity index (χ0n) is 21.7. The monoisotopic (exact) mass is 555 g/mol. The molecule has 0 aliphatic carbocycles. The maximum absolute atomic E-state index is 13.0. The maximum atomic E-state index is 13.0. The van der Waals surface area contributed by atoms with Gasteiger partial charge < -0.3 is 24.8 Å². The Kier molecular flexibility index (Phi) is 9.87. The summed E-state index contributed by atoms with van der Waals surface area (Å²) in [5.74, 6) is -0.534. The zero-order valence-corrected chi connectivity index (χ0v) is 22.5. The molecule has 3 aromatic carbocycles. The first-order chi connectivity index (χ1) is 18.6. The Morgan fingerprint density at radius 1 is 0.769 bits per heavy atom. The first-order valence-corrected chi connectivity index (χ1v) is 13.3. The molecule has 0 unspecified atom stereocenters. The van der Waals surface area contributed by atoms with Gasteiger partial charge in [-0.2, -0.15) is 0 Å². The van der Waals surface area contributed by atoms with Crippen LogP contribution >= 0.6 is 0 Å². The molecule has 0 fully saturated rings. The molecule has 0 heterocycles. The average molecular weight is 556 g/mol. The van der Waals surface area contributed by atoms with Gasteiger partial charge in [0.1, 0.15) is 11.5 Å². The quantitative estimate of drug-likeness (QED) is 0.324. The van der Waals surface area contributed by atoms with Crippen molar-refractivity contribution in [2.75, 3.05) is 41.8 Å². The molecular formula is C27H29N3O8S. The van der Waals surface area contributed by atoms with Crippen molar-refractivity contribution in [3.05, 3.63) is 72.8 Å². The number of anilines is 3. The van der Waals surface area contributed by atoms with E-state index < -0.39 is 35.1 Å². The molecule has 11 nitrogen and oxygen atoms in total. The van der Waals surface area contributed by atoms with Crippen LogP contribution in [0.4, 0.5) is 17.1 Å². The molecule has 0 aliphatic rings. The van der Waals surface area contributed by atoms with Crippen LogP contribution in [0.15, 0.2) is 77.7 Å². The van der Waals surface area contributed by atoms with Crippen molar-refractivity contribution in [1.82, 2.24) is 0 Å². The Labute approximate surface area is 226 Å². The zero-order chi connectivity index (χ0) is 28.4. The van der Waals surface area contributed by atoms with E-state index in [1.54, 1.807) is 24.3 Å². The highest BCUT2D eigenvalue weighted by molar-refractivity contribution is 7.92. The van der Waals surface area contributed by atoms with Crippen LogP contribution in [0.25, 0.3) is 0 Å². The lowest BCUT2D eigenvalue weighted by molar-refractivity contribution is -0.149. The second-order valence-electron chi connectivity index (χ2n) is 8.13. The van der Waals surface area contributed by atoms with E-state index in [2.05, 4.69) is 10.6 Å². The average Bonchev–Trinajstić information content (AvgIpc) is 2.92. The number of rotatable bonds is 12. The van der Waals surface area contributed by atoms with Crippen molar-refractivity contribution in [3.8, 4) is 11.5 Å². The molecule has 0 saturated heterocycles. The van der Waals surface area contributed by atoms with Crippen molar-refractivity contribution in [2.45, 2.75) is 18.7 Å². The van der Waals surface area contributed by atoms with Crippen LogP contribution < -0.4 is 24.4 Å². The van der Waals surface area contributed by atoms with E-state index >= 15 is 0 Å². The van der Waals surface area contributed by atoms with Crippen molar-refractivity contribution >= 4 is 44.9 Å². The Hall–Kier alpha value is -4.58. The van der Waals surface area contributed by atoms with Crippen LogP contribution in [0.5, 0.6) is 11.5 Å². The number of esters is 1. The minimum absolute atomic E-state index is 0.0498. The normalized spacial score (nSPS) is 10.7. The summed E-state index contributed by atoms with van der Waals surface area (Å²) in [6.07, 6.45) is 0. The summed E-state index contributed by atoms with van der Waals surface area (Å²) in [6, 6.07) is 18.6. The number of hydrogen-bond donors (Lipinski definition) is 2. The van der Waals surface area contributed by atoms with Crippen molar-refractivity contribution in [1.29, 1.82) is 0 Å². The smallest absolute Gasteiger partial charge is 0.344 e. The van der Waals surface area contributed by atoms with Crippen LogP contribution in [-0.4, -0.2) is 53.1 Å². The molecule has 2 amide bonds. The summed E-state index contributed by atoms with van der Waals surface area (Å²) in [7, 11) is -2.45. The van der Waals surface area contributed by atoms with E-state index in [-0.39, 0.29) is 10.8 Å². The predicted octanol–water partition coefficient (Wildman–Crippen LogP) is 3.43. The van der Waals surface area contributed by atoms with Gasteiger partial charge in [-0.25, -0.2) is 13.2 Å². The highest BCUT2D eigenvalue weighted by Crippen LogP contribution is 2.25. The van der Waals surface area contributed by atoms with Gasteiger partial charge in [0.25, 0.3) is 15.9 Å². The third-order valence-electron chi connectivity index (χ3n) is 5.20. The molecule has 0 bridgehead atoms. The first kappa shape index (κ1) is 29.0. The molecule has 39 heavy (non-hydrogen) atoms. The number of nitrogens with one attached hydrogen (secondary N) is 2. The number of hydrogen-bond acceptors (Lipinski definition) is 8. The Balaban J connectivity index is 1.47. The van der Waals surface area contributed by atoms with Gasteiger partial charge in [-0.05, 0) is 79.7 Å². The molecule has 0 aliphatic heterocycles. The van der Waals surface area contributed by atoms with Gasteiger partial charge in [-0.1, -0.05) is 0 Å². The highest BCUT2D eigenvalue weighted by atomic mass is 32.2. The van der Waals surface area contributed by atoms with E-state index in [0.29, 0.717) is 35.2 Å². The largest absolute Gasteiger partial charge is 0.494 e. The third-order valence-corrected chi connectivity index (χ3v) is 7.00. The van der Waals surface area contributed by atoms with Crippen molar-refractivity contribution in [2.24, 2.45) is 0 Å². The lowest BCUT2D eigenvalue weighted by atomic mass is 10.3. The number of sulfonamides is 1. The molecule has 3 rings (SSSR count). The second kappa shape index (κ2) is 13.3. The topological polar surface area (TPSA) is 140 Å². The van der Waals surface area contributed by atoms with Crippen molar-refractivity contribution < 1.29 is 37.0 Å². The van der Waals surface area contributed by atoms with E-state index in [1.165, 1.54) is 62.5 Å². The van der Waals surface area contributed by atoms with Crippen LogP contribution in [0.1, 0.15) is 13.8 Å². The number of carbonyl (C=O) groups is 3. The summed E-state index contributed by atoms with van der Waals surface area (Å²) in [5.41, 5.74) is 1.38. The van der Waals surface area contributed by atoms with Gasteiger partial charge >= 0.3 is 5.97 Å². The fourth-order valence-corrected chi connectivity index (χ4v) is 4.49. The Morgan fingerprint density at radius 3 is 1.90 bits per heavy atom. The van der Waals surface area contributed by atoms with E-state index in [9.17, 15) is 22.8 Å². The van der Waals surface area contributed by atoms with Crippen LogP contribution in [0.3, 0.4) is 0 Å². The van der Waals surface area contributed by atoms with E-state index in [4.69, 9.17) is 14.2 Å². The summed E-state index contributed by atoms with van der Waals surface area (Å²) < 4.78 is 42.7. The van der Waals surface area contributed by atoms with E-state index in [1.807, 2.05) is 6.92 Å². The van der Waals surface area contributed by atoms with Crippen LogP contribution in [-0.2, 0) is 29.1 Å². The van der Waals surface area contributed by atoms with Gasteiger partial charge in [0, 0.05) is 25.3 Å². The SMILES string of the molecule is CCOc1ccc(NC(=O)COC(=O)COc2ccc(N(C)S(=O)(=O)c3ccc(NC(C)=O)cc3)cc2)cc1. The lowest BCUT2D eigenvalue weighted by Crippen LogP contribution is -2.26. The molecule has 0 atom stereocenters. The number of ether oxygens (including phenoxy) is 3. The van der Waals surface area contributed by atoms with Gasteiger partial charge in [0.15, 0.2) is 13.2 Å². The Bertz CT molecular complexity index is 1390. The minimum Gasteiger partial charge on any atom is -0.494 e. The van der Waals surface area contributed by atoms with Crippen LogP contribution in [0.2, 0.25) is 0 Å². The lowest BCUT2D eigenvalue weighted by Gasteiger charge is -2.20. The molecular weight excluding hydrogens is 526 g/mol. The summed E-state index contributed by atoms with van der Waals surface area (Å²) in [5, 5.41) is 5.19. The van der Waals surface area contributed by atoms with Gasteiger partial charge in [0.2, 0.25) is 5.91 Å².